The third kappa shape index (κ3) is 3.42. The number of nitrogens with zero attached hydrogens (tertiary/aromatic N) is 1. The summed E-state index contributed by atoms with van der Waals surface area (Å²) in [6.45, 7) is 2.92. The quantitative estimate of drug-likeness (QED) is 0.314. The molecule has 1 amide bonds. The van der Waals surface area contributed by atoms with Crippen LogP contribution in [0.4, 0.5) is 0 Å². The Morgan fingerprint density at radius 3 is 2.70 bits per heavy atom. The Balaban J connectivity index is 1.98. The van der Waals surface area contributed by atoms with Crippen molar-refractivity contribution in [3.8, 4) is 0 Å². The summed E-state index contributed by atoms with van der Waals surface area (Å²) in [7, 11) is 0. The molecule has 0 aromatic carbocycles. The topological polar surface area (TPSA) is 96.9 Å². The largest absolute Gasteiger partial charge is 0.409 e. The fraction of sp³-hybridized carbons (Fsp3) is 0.857. The molecule has 2 fully saturated rings. The average Bonchev–Trinajstić information content (AvgIpc) is 2.93. The van der Waals surface area contributed by atoms with Gasteiger partial charge in [-0.1, -0.05) is 12.1 Å². The molecule has 6 nitrogen and oxygen atoms in total. The number of nitrogens with two attached hydrogens (primary N) is 1. The van der Waals surface area contributed by atoms with Crippen molar-refractivity contribution in [3.05, 3.63) is 0 Å². The molecular weight excluding hydrogens is 258 g/mol. The second-order valence-electron chi connectivity index (χ2n) is 6.14. The van der Waals surface area contributed by atoms with Gasteiger partial charge < -0.3 is 21.0 Å². The molecule has 1 atom stereocenters. The average molecular weight is 283 g/mol. The van der Waals surface area contributed by atoms with Crippen molar-refractivity contribution in [2.75, 3.05) is 6.61 Å². The van der Waals surface area contributed by atoms with E-state index in [1.165, 1.54) is 0 Å². The van der Waals surface area contributed by atoms with Crippen molar-refractivity contribution in [1.82, 2.24) is 5.32 Å². The van der Waals surface area contributed by atoms with Crippen LogP contribution in [0.25, 0.3) is 0 Å². The second-order valence-corrected chi connectivity index (χ2v) is 6.14. The van der Waals surface area contributed by atoms with Crippen molar-refractivity contribution in [1.29, 1.82) is 0 Å². The highest BCUT2D eigenvalue weighted by molar-refractivity contribution is 5.94. The third-order valence-electron chi connectivity index (χ3n) is 4.54. The second kappa shape index (κ2) is 6.43. The van der Waals surface area contributed by atoms with E-state index in [2.05, 4.69) is 17.4 Å². The number of hydrogen-bond donors (Lipinski definition) is 3. The predicted octanol–water partition coefficient (Wildman–Crippen LogP) is 1.37. The first kappa shape index (κ1) is 15.1. The van der Waals surface area contributed by atoms with Crippen LogP contribution in [0, 0.1) is 5.92 Å². The SMILES string of the molecule is CC1CCC(NC(=O)CC2CCCO2)(C(N)=NO)CC1. The van der Waals surface area contributed by atoms with Gasteiger partial charge in [0.15, 0.2) is 5.84 Å². The summed E-state index contributed by atoms with van der Waals surface area (Å²) in [5.41, 5.74) is 5.16. The molecule has 0 aromatic heterocycles. The Hall–Kier alpha value is -1.30. The minimum absolute atomic E-state index is 0.0156. The molecule has 0 bridgehead atoms. The normalized spacial score (nSPS) is 35.0. The molecule has 114 valence electrons. The summed E-state index contributed by atoms with van der Waals surface area (Å²) in [5.74, 6) is 0.660. The smallest absolute Gasteiger partial charge is 0.223 e. The maximum atomic E-state index is 12.2. The van der Waals surface area contributed by atoms with Crippen molar-refractivity contribution >= 4 is 11.7 Å². The summed E-state index contributed by atoms with van der Waals surface area (Å²) >= 11 is 0. The van der Waals surface area contributed by atoms with Gasteiger partial charge in [-0.05, 0) is 44.4 Å². The van der Waals surface area contributed by atoms with E-state index in [0.717, 1.165) is 45.1 Å². The molecule has 1 saturated heterocycles. The Labute approximate surface area is 119 Å². The number of amidine groups is 1. The van der Waals surface area contributed by atoms with E-state index in [1.807, 2.05) is 0 Å². The predicted molar refractivity (Wildman–Crippen MR) is 75.5 cm³/mol. The van der Waals surface area contributed by atoms with Crippen molar-refractivity contribution in [3.63, 3.8) is 0 Å². The first-order valence-electron chi connectivity index (χ1n) is 7.46. The summed E-state index contributed by atoms with van der Waals surface area (Å²) in [4.78, 5) is 12.2. The number of oxime groups is 1. The highest BCUT2D eigenvalue weighted by Gasteiger charge is 2.40. The molecule has 1 heterocycles. The number of rotatable bonds is 4. The first-order chi connectivity index (χ1) is 9.55. The molecule has 20 heavy (non-hydrogen) atoms. The van der Waals surface area contributed by atoms with E-state index >= 15 is 0 Å². The molecule has 4 N–H and O–H groups in total. The Morgan fingerprint density at radius 2 is 2.15 bits per heavy atom. The van der Waals surface area contributed by atoms with Gasteiger partial charge in [0.05, 0.1) is 12.5 Å². The van der Waals surface area contributed by atoms with Crippen molar-refractivity contribution < 1.29 is 14.7 Å². The van der Waals surface area contributed by atoms with Crippen LogP contribution in [0.1, 0.15) is 51.9 Å². The van der Waals surface area contributed by atoms with Gasteiger partial charge in [0.2, 0.25) is 5.91 Å². The van der Waals surface area contributed by atoms with E-state index in [-0.39, 0.29) is 17.8 Å². The standard InChI is InChI=1S/C14H25N3O3/c1-10-4-6-14(7-5-10,13(15)17-19)16-12(18)9-11-3-2-8-20-11/h10-11,19H,2-9H2,1H3,(H2,15,17)(H,16,18). The molecular formula is C14H25N3O3. The molecule has 0 spiro atoms. The van der Waals surface area contributed by atoms with Gasteiger partial charge in [0, 0.05) is 6.61 Å². The molecule has 2 rings (SSSR count). The van der Waals surface area contributed by atoms with E-state index in [1.54, 1.807) is 0 Å². The van der Waals surface area contributed by atoms with Gasteiger partial charge in [-0.2, -0.15) is 0 Å². The van der Waals surface area contributed by atoms with Crippen molar-refractivity contribution in [2.24, 2.45) is 16.8 Å². The third-order valence-corrected chi connectivity index (χ3v) is 4.54. The Kier molecular flexibility index (Phi) is 4.86. The van der Waals surface area contributed by atoms with Crippen LogP contribution in [-0.2, 0) is 9.53 Å². The fourth-order valence-electron chi connectivity index (χ4n) is 3.13. The summed E-state index contributed by atoms with van der Waals surface area (Å²) in [6, 6.07) is 0. The van der Waals surface area contributed by atoms with Gasteiger partial charge in [0.1, 0.15) is 5.54 Å². The highest BCUT2D eigenvalue weighted by Crippen LogP contribution is 2.32. The molecule has 1 unspecified atom stereocenters. The molecule has 0 radical (unpaired) electrons. The number of carbonyl (C=O) groups excluding carboxylic acids is 1. The molecule has 6 heteroatoms. The summed E-state index contributed by atoms with van der Waals surface area (Å²) in [5, 5.41) is 15.1. The Bertz CT molecular complexity index is 370. The lowest BCUT2D eigenvalue weighted by Crippen LogP contribution is -2.59. The lowest BCUT2D eigenvalue weighted by Gasteiger charge is -2.39. The van der Waals surface area contributed by atoms with Crippen LogP contribution >= 0.6 is 0 Å². The van der Waals surface area contributed by atoms with Crippen LogP contribution in [0.5, 0.6) is 0 Å². The molecule has 2 aliphatic rings. The van der Waals surface area contributed by atoms with E-state index in [0.29, 0.717) is 12.3 Å². The summed E-state index contributed by atoms with van der Waals surface area (Å²) in [6.07, 6.45) is 5.70. The lowest BCUT2D eigenvalue weighted by atomic mass is 9.76. The number of amides is 1. The monoisotopic (exact) mass is 283 g/mol. The van der Waals surface area contributed by atoms with Crippen LogP contribution < -0.4 is 11.1 Å². The zero-order valence-corrected chi connectivity index (χ0v) is 12.1. The van der Waals surface area contributed by atoms with Gasteiger partial charge in [0.25, 0.3) is 0 Å². The maximum Gasteiger partial charge on any atom is 0.223 e. The van der Waals surface area contributed by atoms with Gasteiger partial charge in [-0.25, -0.2) is 0 Å². The van der Waals surface area contributed by atoms with Crippen LogP contribution in [0.2, 0.25) is 0 Å². The molecule has 1 saturated carbocycles. The molecule has 0 aromatic rings. The zero-order valence-electron chi connectivity index (χ0n) is 12.1. The minimum atomic E-state index is -0.684. The number of carbonyl (C=O) groups is 1. The zero-order chi connectivity index (χ0) is 14.6. The number of nitrogens with one attached hydrogen (secondary N) is 1. The van der Waals surface area contributed by atoms with E-state index in [9.17, 15) is 4.79 Å². The van der Waals surface area contributed by atoms with Gasteiger partial charge >= 0.3 is 0 Å². The molecule has 1 aliphatic heterocycles. The number of ether oxygens (including phenoxy) is 1. The number of hydrogen-bond acceptors (Lipinski definition) is 4. The van der Waals surface area contributed by atoms with Crippen LogP contribution in [0.15, 0.2) is 5.16 Å². The van der Waals surface area contributed by atoms with Crippen LogP contribution in [0.3, 0.4) is 0 Å². The minimum Gasteiger partial charge on any atom is -0.409 e. The van der Waals surface area contributed by atoms with Gasteiger partial charge in [-0.3, -0.25) is 4.79 Å². The van der Waals surface area contributed by atoms with Crippen molar-refractivity contribution in [2.45, 2.75) is 63.5 Å². The summed E-state index contributed by atoms with van der Waals surface area (Å²) < 4.78 is 5.48. The van der Waals surface area contributed by atoms with E-state index in [4.69, 9.17) is 15.7 Å². The first-order valence-corrected chi connectivity index (χ1v) is 7.46. The highest BCUT2D eigenvalue weighted by atomic mass is 16.5. The fourth-order valence-corrected chi connectivity index (χ4v) is 3.13. The lowest BCUT2D eigenvalue weighted by molar-refractivity contribution is -0.124. The van der Waals surface area contributed by atoms with Gasteiger partial charge in [-0.15, -0.1) is 0 Å². The van der Waals surface area contributed by atoms with Crippen LogP contribution in [-0.4, -0.2) is 35.2 Å². The van der Waals surface area contributed by atoms with E-state index < -0.39 is 5.54 Å². The Morgan fingerprint density at radius 1 is 1.45 bits per heavy atom. The maximum absolute atomic E-state index is 12.2. The molecule has 1 aliphatic carbocycles.